The molecule has 25 heavy (non-hydrogen) atoms. The van der Waals surface area contributed by atoms with Crippen LogP contribution in [0.3, 0.4) is 0 Å². The van der Waals surface area contributed by atoms with Gasteiger partial charge in [-0.25, -0.2) is 4.98 Å². The van der Waals surface area contributed by atoms with Gasteiger partial charge in [-0.2, -0.15) is 5.26 Å². The van der Waals surface area contributed by atoms with Crippen molar-refractivity contribution in [3.8, 4) is 6.07 Å². The third kappa shape index (κ3) is 3.07. The quantitative estimate of drug-likeness (QED) is 0.334. The van der Waals surface area contributed by atoms with Crippen LogP contribution in [0.25, 0.3) is 27.2 Å². The molecule has 0 fully saturated rings. The number of hydrogen-bond acceptors (Lipinski definition) is 4. The SMILES string of the molecule is CCn1cc(C=C(C#N)Sc2nc3ccccc3s2)c2ccccc21. The number of benzene rings is 2. The Morgan fingerprint density at radius 1 is 1.24 bits per heavy atom. The summed E-state index contributed by atoms with van der Waals surface area (Å²) in [4.78, 5) is 5.26. The zero-order valence-corrected chi connectivity index (χ0v) is 15.3. The summed E-state index contributed by atoms with van der Waals surface area (Å²) in [6.07, 6.45) is 4.08. The lowest BCUT2D eigenvalue weighted by Gasteiger charge is -1.98. The summed E-state index contributed by atoms with van der Waals surface area (Å²) in [5, 5.41) is 10.8. The van der Waals surface area contributed by atoms with Crippen LogP contribution in [0.4, 0.5) is 0 Å². The normalized spacial score (nSPS) is 11.9. The first-order chi connectivity index (χ1) is 12.3. The highest BCUT2D eigenvalue weighted by molar-refractivity contribution is 8.05. The maximum absolute atomic E-state index is 9.59. The number of hydrogen-bond donors (Lipinski definition) is 0. The standard InChI is InChI=1S/C20H15N3S2/c1-2-23-13-14(16-7-3-5-9-18(16)23)11-15(12-21)24-20-22-17-8-4-6-10-19(17)25-20/h3-11,13H,2H2,1H3. The number of nitriles is 1. The topological polar surface area (TPSA) is 41.6 Å². The van der Waals surface area contributed by atoms with Crippen molar-refractivity contribution in [2.24, 2.45) is 0 Å². The van der Waals surface area contributed by atoms with Gasteiger partial charge in [0, 0.05) is 29.2 Å². The molecule has 0 N–H and O–H groups in total. The minimum Gasteiger partial charge on any atom is -0.347 e. The number of nitrogens with zero attached hydrogens (tertiary/aromatic N) is 3. The Balaban J connectivity index is 1.72. The highest BCUT2D eigenvalue weighted by Crippen LogP contribution is 2.35. The molecule has 4 rings (SSSR count). The number of allylic oxidation sites excluding steroid dienone is 1. The van der Waals surface area contributed by atoms with E-state index in [9.17, 15) is 5.26 Å². The minimum atomic E-state index is 0.651. The minimum absolute atomic E-state index is 0.651. The van der Waals surface area contributed by atoms with Gasteiger partial charge in [-0.3, -0.25) is 0 Å². The van der Waals surface area contributed by atoms with Crippen molar-refractivity contribution in [3.05, 3.63) is 65.2 Å². The largest absolute Gasteiger partial charge is 0.347 e. The van der Waals surface area contributed by atoms with Gasteiger partial charge in [0.05, 0.1) is 15.1 Å². The summed E-state index contributed by atoms with van der Waals surface area (Å²) in [6, 6.07) is 18.7. The summed E-state index contributed by atoms with van der Waals surface area (Å²) in [7, 11) is 0. The smallest absolute Gasteiger partial charge is 0.156 e. The summed E-state index contributed by atoms with van der Waals surface area (Å²) in [6.45, 7) is 3.03. The zero-order valence-electron chi connectivity index (χ0n) is 13.6. The van der Waals surface area contributed by atoms with E-state index >= 15 is 0 Å². The Kier molecular flexibility index (Phi) is 4.31. The number of aryl methyl sites for hydroxylation is 1. The van der Waals surface area contributed by atoms with Crippen LogP contribution < -0.4 is 0 Å². The molecule has 0 aliphatic rings. The van der Waals surface area contributed by atoms with Crippen molar-refractivity contribution >= 4 is 50.3 Å². The van der Waals surface area contributed by atoms with Gasteiger partial charge in [0.15, 0.2) is 4.34 Å². The van der Waals surface area contributed by atoms with E-state index in [4.69, 9.17) is 0 Å². The first-order valence-electron chi connectivity index (χ1n) is 8.01. The molecule has 122 valence electrons. The van der Waals surface area contributed by atoms with E-state index in [1.54, 1.807) is 11.3 Å². The Labute approximate surface area is 154 Å². The summed E-state index contributed by atoms with van der Waals surface area (Å²) in [5.41, 5.74) is 3.25. The van der Waals surface area contributed by atoms with Crippen molar-refractivity contribution < 1.29 is 0 Å². The lowest BCUT2D eigenvalue weighted by molar-refractivity contribution is 0.797. The molecule has 0 saturated heterocycles. The molecule has 0 amide bonds. The van der Waals surface area contributed by atoms with Gasteiger partial charge in [0.1, 0.15) is 6.07 Å². The van der Waals surface area contributed by atoms with E-state index in [0.717, 1.165) is 26.7 Å². The fourth-order valence-electron chi connectivity index (χ4n) is 2.87. The fourth-order valence-corrected chi connectivity index (χ4v) is 4.83. The molecular weight excluding hydrogens is 346 g/mol. The number of rotatable bonds is 4. The van der Waals surface area contributed by atoms with Crippen molar-refractivity contribution in [3.63, 3.8) is 0 Å². The van der Waals surface area contributed by atoms with Crippen LogP contribution in [-0.2, 0) is 6.54 Å². The Morgan fingerprint density at radius 2 is 2.04 bits per heavy atom. The molecule has 2 heterocycles. The number of aromatic nitrogens is 2. The molecule has 2 aromatic carbocycles. The van der Waals surface area contributed by atoms with Gasteiger partial charge in [-0.15, -0.1) is 11.3 Å². The molecule has 2 aromatic heterocycles. The molecule has 4 aromatic rings. The van der Waals surface area contributed by atoms with Crippen LogP contribution in [0.1, 0.15) is 12.5 Å². The van der Waals surface area contributed by atoms with E-state index in [1.807, 2.05) is 36.4 Å². The van der Waals surface area contributed by atoms with Crippen LogP contribution in [0, 0.1) is 11.3 Å². The molecule has 0 spiro atoms. The maximum Gasteiger partial charge on any atom is 0.156 e. The maximum atomic E-state index is 9.59. The van der Waals surface area contributed by atoms with Crippen LogP contribution >= 0.6 is 23.1 Å². The molecule has 0 saturated carbocycles. The monoisotopic (exact) mass is 361 g/mol. The van der Waals surface area contributed by atoms with Gasteiger partial charge in [0.2, 0.25) is 0 Å². The van der Waals surface area contributed by atoms with E-state index in [-0.39, 0.29) is 0 Å². The van der Waals surface area contributed by atoms with Gasteiger partial charge in [-0.1, -0.05) is 30.3 Å². The van der Waals surface area contributed by atoms with Gasteiger partial charge in [0.25, 0.3) is 0 Å². The van der Waals surface area contributed by atoms with E-state index in [0.29, 0.717) is 4.91 Å². The molecule has 5 heteroatoms. The van der Waals surface area contributed by atoms with Gasteiger partial charge < -0.3 is 4.57 Å². The van der Waals surface area contributed by atoms with Crippen molar-refractivity contribution in [1.29, 1.82) is 5.26 Å². The summed E-state index contributed by atoms with van der Waals surface area (Å²) < 4.78 is 4.25. The lowest BCUT2D eigenvalue weighted by atomic mass is 10.1. The molecule has 0 bridgehead atoms. The van der Waals surface area contributed by atoms with Crippen molar-refractivity contribution in [1.82, 2.24) is 9.55 Å². The Bertz CT molecular complexity index is 1100. The van der Waals surface area contributed by atoms with E-state index in [2.05, 4.69) is 46.9 Å². The average molecular weight is 361 g/mol. The Morgan fingerprint density at radius 3 is 2.84 bits per heavy atom. The van der Waals surface area contributed by atoms with Crippen molar-refractivity contribution in [2.45, 2.75) is 17.8 Å². The fraction of sp³-hybridized carbons (Fsp3) is 0.100. The first-order valence-corrected chi connectivity index (χ1v) is 9.65. The predicted molar refractivity (Wildman–Crippen MR) is 107 cm³/mol. The molecule has 3 nitrogen and oxygen atoms in total. The number of thioether (sulfide) groups is 1. The second-order valence-corrected chi connectivity index (χ2v) is 7.88. The van der Waals surface area contributed by atoms with Crippen LogP contribution in [0.15, 0.2) is 64.0 Å². The second kappa shape index (κ2) is 6.75. The predicted octanol–water partition coefficient (Wildman–Crippen LogP) is 5.93. The molecule has 0 atom stereocenters. The summed E-state index contributed by atoms with van der Waals surface area (Å²) in [5.74, 6) is 0. The van der Waals surface area contributed by atoms with Crippen LogP contribution in [0.2, 0.25) is 0 Å². The van der Waals surface area contributed by atoms with E-state index < -0.39 is 0 Å². The van der Waals surface area contributed by atoms with Crippen LogP contribution in [-0.4, -0.2) is 9.55 Å². The number of fused-ring (bicyclic) bond motifs is 2. The lowest BCUT2D eigenvalue weighted by Crippen LogP contribution is -1.89. The molecule has 0 aliphatic heterocycles. The summed E-state index contributed by atoms with van der Waals surface area (Å²) >= 11 is 3.05. The zero-order chi connectivity index (χ0) is 17.2. The number of para-hydroxylation sites is 2. The highest BCUT2D eigenvalue weighted by Gasteiger charge is 2.10. The first kappa shape index (κ1) is 15.9. The molecule has 0 unspecified atom stereocenters. The van der Waals surface area contributed by atoms with Crippen molar-refractivity contribution in [2.75, 3.05) is 0 Å². The highest BCUT2D eigenvalue weighted by atomic mass is 32.2. The van der Waals surface area contributed by atoms with Gasteiger partial charge >= 0.3 is 0 Å². The number of thiazole rings is 1. The average Bonchev–Trinajstić information content (AvgIpc) is 3.22. The van der Waals surface area contributed by atoms with E-state index in [1.165, 1.54) is 22.7 Å². The van der Waals surface area contributed by atoms with Gasteiger partial charge in [-0.05, 0) is 43.0 Å². The third-order valence-electron chi connectivity index (χ3n) is 4.03. The van der Waals surface area contributed by atoms with Crippen LogP contribution in [0.5, 0.6) is 0 Å². The third-order valence-corrected chi connectivity index (χ3v) is 6.05. The Hall–Kier alpha value is -2.55. The molecular formula is C20H15N3S2. The second-order valence-electron chi connectivity index (χ2n) is 5.56. The molecule has 0 aliphatic carbocycles. The molecule has 0 radical (unpaired) electrons.